The number of piperidine rings is 1. The molecule has 1 aromatic heterocycles. The van der Waals surface area contributed by atoms with Crippen molar-refractivity contribution >= 4 is 17.5 Å². The molecule has 0 aliphatic carbocycles. The van der Waals surface area contributed by atoms with Crippen LogP contribution in [0.15, 0.2) is 24.4 Å². The number of ether oxygens (including phenoxy) is 2. The summed E-state index contributed by atoms with van der Waals surface area (Å²) in [5.41, 5.74) is 1.45. The molecule has 2 aliphatic heterocycles. The molecule has 7 nitrogen and oxygen atoms in total. The predicted octanol–water partition coefficient (Wildman–Crippen LogP) is 1.93. The second-order valence-corrected chi connectivity index (χ2v) is 6.41. The fourth-order valence-corrected chi connectivity index (χ4v) is 3.56. The van der Waals surface area contributed by atoms with Crippen molar-refractivity contribution in [2.45, 2.75) is 25.2 Å². The first-order chi connectivity index (χ1) is 11.7. The maximum Gasteiger partial charge on any atom is 0.257 e. The van der Waals surface area contributed by atoms with Crippen molar-refractivity contribution < 1.29 is 14.3 Å². The third kappa shape index (κ3) is 2.53. The number of likely N-dealkylation sites (tertiary alicyclic amines) is 1. The molecular weight excluding hydrogens is 332 g/mol. The van der Waals surface area contributed by atoms with E-state index in [1.165, 1.54) is 0 Å². The van der Waals surface area contributed by atoms with Gasteiger partial charge in [-0.05, 0) is 24.6 Å². The van der Waals surface area contributed by atoms with Crippen molar-refractivity contribution in [2.75, 3.05) is 20.2 Å². The highest BCUT2D eigenvalue weighted by molar-refractivity contribution is 6.31. The molecule has 4 rings (SSSR count). The third-order valence-corrected chi connectivity index (χ3v) is 4.85. The fourth-order valence-electron chi connectivity index (χ4n) is 3.39. The average molecular weight is 349 g/mol. The van der Waals surface area contributed by atoms with Crippen molar-refractivity contribution in [1.82, 2.24) is 19.9 Å². The number of halogens is 1. The molecule has 0 N–H and O–H groups in total. The van der Waals surface area contributed by atoms with Gasteiger partial charge in [-0.2, -0.15) is 0 Å². The maximum atomic E-state index is 12.9. The molecule has 126 valence electrons. The Morgan fingerprint density at radius 1 is 1.46 bits per heavy atom. The van der Waals surface area contributed by atoms with Gasteiger partial charge in [0.25, 0.3) is 5.91 Å². The number of methoxy groups -OCH3 is 1. The summed E-state index contributed by atoms with van der Waals surface area (Å²) in [6.07, 6.45) is 2.42. The summed E-state index contributed by atoms with van der Waals surface area (Å²) in [6, 6.07) is 5.19. The van der Waals surface area contributed by atoms with Gasteiger partial charge in [0.15, 0.2) is 0 Å². The normalized spacial score (nSPS) is 22.7. The van der Waals surface area contributed by atoms with E-state index in [9.17, 15) is 4.79 Å². The van der Waals surface area contributed by atoms with Gasteiger partial charge in [0.05, 0.1) is 43.3 Å². The van der Waals surface area contributed by atoms with Crippen LogP contribution in [0.5, 0.6) is 5.75 Å². The van der Waals surface area contributed by atoms with Gasteiger partial charge in [0.2, 0.25) is 0 Å². The number of hydrogen-bond donors (Lipinski definition) is 0. The molecule has 2 aliphatic rings. The molecule has 1 saturated heterocycles. The van der Waals surface area contributed by atoms with Gasteiger partial charge in [-0.3, -0.25) is 4.79 Å². The lowest BCUT2D eigenvalue weighted by Crippen LogP contribution is -2.50. The molecule has 24 heavy (non-hydrogen) atoms. The predicted molar refractivity (Wildman–Crippen MR) is 86.2 cm³/mol. The van der Waals surface area contributed by atoms with Gasteiger partial charge < -0.3 is 14.4 Å². The third-order valence-electron chi connectivity index (χ3n) is 4.61. The number of carbonyl (C=O) groups is 1. The number of nitrogens with zero attached hydrogens (tertiary/aromatic N) is 4. The van der Waals surface area contributed by atoms with Gasteiger partial charge in [0.1, 0.15) is 5.75 Å². The molecule has 2 atom stereocenters. The summed E-state index contributed by atoms with van der Waals surface area (Å²) in [6.45, 7) is 1.60. The first-order valence-corrected chi connectivity index (χ1v) is 8.18. The zero-order valence-electron chi connectivity index (χ0n) is 13.2. The number of hydrogen-bond acceptors (Lipinski definition) is 5. The number of benzene rings is 1. The van der Waals surface area contributed by atoms with Crippen molar-refractivity contribution in [1.29, 1.82) is 0 Å². The van der Waals surface area contributed by atoms with E-state index in [0.29, 0.717) is 36.0 Å². The van der Waals surface area contributed by atoms with Crippen molar-refractivity contribution in [2.24, 2.45) is 0 Å². The van der Waals surface area contributed by atoms with Crippen LogP contribution in [0.25, 0.3) is 0 Å². The summed E-state index contributed by atoms with van der Waals surface area (Å²) in [5.74, 6) is 0.426. The first kappa shape index (κ1) is 15.4. The van der Waals surface area contributed by atoms with E-state index >= 15 is 0 Å². The molecule has 1 aromatic carbocycles. The van der Waals surface area contributed by atoms with Crippen LogP contribution in [0.3, 0.4) is 0 Å². The van der Waals surface area contributed by atoms with Crippen LogP contribution in [0, 0.1) is 0 Å². The van der Waals surface area contributed by atoms with E-state index in [4.69, 9.17) is 21.1 Å². The van der Waals surface area contributed by atoms with Crippen LogP contribution in [-0.4, -0.2) is 52.1 Å². The summed E-state index contributed by atoms with van der Waals surface area (Å²) >= 11 is 6.04. The minimum atomic E-state index is -0.0965. The monoisotopic (exact) mass is 348 g/mol. The van der Waals surface area contributed by atoms with Gasteiger partial charge in [-0.15, -0.1) is 5.10 Å². The van der Waals surface area contributed by atoms with Crippen LogP contribution in [0.4, 0.5) is 0 Å². The summed E-state index contributed by atoms with van der Waals surface area (Å²) in [5, 5.41) is 8.61. The Bertz CT molecular complexity index is 778. The largest absolute Gasteiger partial charge is 0.496 e. The summed E-state index contributed by atoms with van der Waals surface area (Å²) in [4.78, 5) is 14.7. The molecular formula is C16H17ClN4O3. The molecule has 0 saturated carbocycles. The Kier molecular flexibility index (Phi) is 3.90. The van der Waals surface area contributed by atoms with E-state index < -0.39 is 0 Å². The second-order valence-electron chi connectivity index (χ2n) is 5.97. The SMILES string of the molecule is COc1ccc(Cl)cc1C(=O)N1CCC2C(C1)OCc1cnnn12. The van der Waals surface area contributed by atoms with Crippen molar-refractivity contribution in [3.8, 4) is 5.75 Å². The Hall–Kier alpha value is -2.12. The highest BCUT2D eigenvalue weighted by atomic mass is 35.5. The number of amides is 1. The molecule has 2 aromatic rings. The summed E-state index contributed by atoms with van der Waals surface area (Å²) < 4.78 is 13.1. The van der Waals surface area contributed by atoms with Crippen LogP contribution < -0.4 is 4.74 Å². The number of rotatable bonds is 2. The fraction of sp³-hybridized carbons (Fsp3) is 0.438. The molecule has 8 heteroatoms. The standard InChI is InChI=1S/C16H17ClN4O3/c1-23-14-3-2-10(17)6-12(14)16(22)20-5-4-13-15(8-20)24-9-11-7-18-19-21(11)13/h2-3,6-7,13,15H,4-5,8-9H2,1H3. The molecule has 2 unspecified atom stereocenters. The Labute approximate surface area is 144 Å². The zero-order chi connectivity index (χ0) is 16.7. The van der Waals surface area contributed by atoms with E-state index in [-0.39, 0.29) is 18.1 Å². The van der Waals surface area contributed by atoms with Crippen LogP contribution in [0.1, 0.15) is 28.5 Å². The van der Waals surface area contributed by atoms with Crippen LogP contribution in [-0.2, 0) is 11.3 Å². The van der Waals surface area contributed by atoms with Crippen molar-refractivity contribution in [3.63, 3.8) is 0 Å². The second kappa shape index (κ2) is 6.07. The Balaban J connectivity index is 1.55. The van der Waals surface area contributed by atoms with Gasteiger partial charge >= 0.3 is 0 Å². The van der Waals surface area contributed by atoms with E-state index in [2.05, 4.69) is 10.3 Å². The lowest BCUT2D eigenvalue weighted by atomic mass is 9.99. The minimum Gasteiger partial charge on any atom is -0.496 e. The van der Waals surface area contributed by atoms with Gasteiger partial charge in [-0.1, -0.05) is 16.8 Å². The topological polar surface area (TPSA) is 69.5 Å². The smallest absolute Gasteiger partial charge is 0.257 e. The van der Waals surface area contributed by atoms with Crippen molar-refractivity contribution in [3.05, 3.63) is 40.7 Å². The lowest BCUT2D eigenvalue weighted by Gasteiger charge is -2.41. The van der Waals surface area contributed by atoms with Gasteiger partial charge in [0, 0.05) is 18.1 Å². The molecule has 1 amide bonds. The highest BCUT2D eigenvalue weighted by Crippen LogP contribution is 2.32. The van der Waals surface area contributed by atoms with Crippen LogP contribution >= 0.6 is 11.6 Å². The molecule has 3 heterocycles. The Morgan fingerprint density at radius 2 is 2.33 bits per heavy atom. The number of carbonyl (C=O) groups excluding carboxylic acids is 1. The molecule has 0 bridgehead atoms. The maximum absolute atomic E-state index is 12.9. The quantitative estimate of drug-likeness (QED) is 0.829. The molecule has 0 radical (unpaired) electrons. The Morgan fingerprint density at radius 3 is 3.17 bits per heavy atom. The lowest BCUT2D eigenvalue weighted by molar-refractivity contribution is -0.0628. The number of aromatic nitrogens is 3. The van der Waals surface area contributed by atoms with E-state index in [1.54, 1.807) is 36.4 Å². The average Bonchev–Trinajstić information content (AvgIpc) is 3.09. The van der Waals surface area contributed by atoms with E-state index in [1.807, 2.05) is 4.68 Å². The molecule has 0 spiro atoms. The highest BCUT2D eigenvalue weighted by Gasteiger charge is 2.38. The zero-order valence-corrected chi connectivity index (χ0v) is 13.9. The van der Waals surface area contributed by atoms with Crippen LogP contribution in [0.2, 0.25) is 5.02 Å². The van der Waals surface area contributed by atoms with Gasteiger partial charge in [-0.25, -0.2) is 4.68 Å². The molecule has 1 fully saturated rings. The summed E-state index contributed by atoms with van der Waals surface area (Å²) in [7, 11) is 1.54. The number of fused-ring (bicyclic) bond motifs is 3. The minimum absolute atomic E-state index is 0.0814. The van der Waals surface area contributed by atoms with E-state index in [0.717, 1.165) is 12.1 Å². The first-order valence-electron chi connectivity index (χ1n) is 7.81.